The van der Waals surface area contributed by atoms with Crippen molar-refractivity contribution in [1.29, 1.82) is 0 Å². The molecule has 0 aromatic rings. The van der Waals surface area contributed by atoms with Gasteiger partial charge in [0.1, 0.15) is 0 Å². The highest BCUT2D eigenvalue weighted by atomic mass is 16.2. The molecule has 120 valence electrons. The summed E-state index contributed by atoms with van der Waals surface area (Å²) in [5.41, 5.74) is 0. The molecule has 2 aliphatic heterocycles. The van der Waals surface area contributed by atoms with Gasteiger partial charge >= 0.3 is 0 Å². The van der Waals surface area contributed by atoms with E-state index in [1.165, 1.54) is 12.8 Å². The van der Waals surface area contributed by atoms with Gasteiger partial charge in [0, 0.05) is 39.5 Å². The second-order valence-corrected chi connectivity index (χ2v) is 6.64. The fourth-order valence-electron chi connectivity index (χ4n) is 3.40. The van der Waals surface area contributed by atoms with Gasteiger partial charge in [0.15, 0.2) is 0 Å². The van der Waals surface area contributed by atoms with Crippen LogP contribution in [0.15, 0.2) is 0 Å². The van der Waals surface area contributed by atoms with E-state index in [1.54, 1.807) is 19.0 Å². The zero-order valence-electron chi connectivity index (χ0n) is 13.4. The molecule has 21 heavy (non-hydrogen) atoms. The first kappa shape index (κ1) is 16.3. The van der Waals surface area contributed by atoms with E-state index in [0.29, 0.717) is 12.3 Å². The zero-order chi connectivity index (χ0) is 15.2. The molecule has 0 aromatic heterocycles. The van der Waals surface area contributed by atoms with Crippen LogP contribution >= 0.6 is 0 Å². The number of hydrogen-bond donors (Lipinski definition) is 1. The molecule has 2 amide bonds. The van der Waals surface area contributed by atoms with Gasteiger partial charge in [0.05, 0.1) is 0 Å². The van der Waals surface area contributed by atoms with Crippen LogP contribution < -0.4 is 5.32 Å². The lowest BCUT2D eigenvalue weighted by molar-refractivity contribution is -0.139. The summed E-state index contributed by atoms with van der Waals surface area (Å²) in [5, 5.41) is 3.40. The fourth-order valence-corrected chi connectivity index (χ4v) is 3.40. The molecule has 1 N–H and O–H groups in total. The first-order chi connectivity index (χ1) is 10.1. The van der Waals surface area contributed by atoms with Gasteiger partial charge < -0.3 is 15.1 Å². The predicted octanol–water partition coefficient (Wildman–Crippen LogP) is 1.09. The molecule has 0 saturated carbocycles. The largest absolute Gasteiger partial charge is 0.349 e. The second-order valence-electron chi connectivity index (χ2n) is 6.64. The van der Waals surface area contributed by atoms with Crippen LogP contribution in [0.3, 0.4) is 0 Å². The van der Waals surface area contributed by atoms with Crippen molar-refractivity contribution < 1.29 is 9.59 Å². The van der Waals surface area contributed by atoms with E-state index < -0.39 is 0 Å². The minimum atomic E-state index is 0.103. The van der Waals surface area contributed by atoms with Gasteiger partial charge in [-0.3, -0.25) is 9.59 Å². The number of nitrogens with zero attached hydrogens (tertiary/aromatic N) is 2. The highest BCUT2D eigenvalue weighted by molar-refractivity contribution is 5.79. The highest BCUT2D eigenvalue weighted by Crippen LogP contribution is 2.21. The molecule has 0 aliphatic carbocycles. The van der Waals surface area contributed by atoms with Crippen LogP contribution in [0.5, 0.6) is 0 Å². The fraction of sp³-hybridized carbons (Fsp3) is 0.875. The third-order valence-corrected chi connectivity index (χ3v) is 4.80. The highest BCUT2D eigenvalue weighted by Gasteiger charge is 2.28. The molecule has 2 saturated heterocycles. The Kier molecular flexibility index (Phi) is 6.03. The maximum Gasteiger partial charge on any atom is 0.225 e. The topological polar surface area (TPSA) is 52.7 Å². The van der Waals surface area contributed by atoms with Gasteiger partial charge in [-0.25, -0.2) is 0 Å². The summed E-state index contributed by atoms with van der Waals surface area (Å²) in [5.74, 6) is 1.24. The van der Waals surface area contributed by atoms with Crippen molar-refractivity contribution in [2.75, 3.05) is 40.3 Å². The van der Waals surface area contributed by atoms with E-state index in [4.69, 9.17) is 0 Å². The van der Waals surface area contributed by atoms with Gasteiger partial charge in [-0.05, 0) is 51.1 Å². The molecule has 0 aromatic carbocycles. The van der Waals surface area contributed by atoms with Crippen LogP contribution in [-0.4, -0.2) is 61.9 Å². The Bertz CT molecular complexity index is 357. The SMILES string of the molecule is CN(C)C(=O)C1CCN(C(=O)CCC2CCCNC2)CC1. The lowest BCUT2D eigenvalue weighted by Gasteiger charge is -2.33. The number of rotatable bonds is 4. The minimum Gasteiger partial charge on any atom is -0.349 e. The van der Waals surface area contributed by atoms with E-state index in [1.807, 2.05) is 4.90 Å². The second kappa shape index (κ2) is 7.78. The van der Waals surface area contributed by atoms with Crippen LogP contribution in [0, 0.1) is 11.8 Å². The Morgan fingerprint density at radius 1 is 1.19 bits per heavy atom. The lowest BCUT2D eigenvalue weighted by Crippen LogP contribution is -2.43. The maximum absolute atomic E-state index is 12.3. The first-order valence-electron chi connectivity index (χ1n) is 8.27. The molecule has 0 spiro atoms. The molecule has 0 radical (unpaired) electrons. The van der Waals surface area contributed by atoms with Crippen LogP contribution in [0.4, 0.5) is 0 Å². The molecule has 2 rings (SSSR count). The molecular formula is C16H29N3O2. The number of hydrogen-bond acceptors (Lipinski definition) is 3. The van der Waals surface area contributed by atoms with Crippen LogP contribution in [0.2, 0.25) is 0 Å². The molecule has 5 nitrogen and oxygen atoms in total. The van der Waals surface area contributed by atoms with E-state index >= 15 is 0 Å². The van der Waals surface area contributed by atoms with Gasteiger partial charge in [0.25, 0.3) is 0 Å². The van der Waals surface area contributed by atoms with Crippen molar-refractivity contribution in [3.8, 4) is 0 Å². The average molecular weight is 295 g/mol. The number of nitrogens with one attached hydrogen (secondary N) is 1. The van der Waals surface area contributed by atoms with Crippen molar-refractivity contribution >= 4 is 11.8 Å². The molecule has 2 heterocycles. The molecule has 1 unspecified atom stereocenters. The smallest absolute Gasteiger partial charge is 0.225 e. The number of carbonyl (C=O) groups excluding carboxylic acids is 2. The van der Waals surface area contributed by atoms with Crippen molar-refractivity contribution in [2.24, 2.45) is 11.8 Å². The number of piperidine rings is 2. The van der Waals surface area contributed by atoms with E-state index in [2.05, 4.69) is 5.32 Å². The van der Waals surface area contributed by atoms with Crippen LogP contribution in [0.25, 0.3) is 0 Å². The van der Waals surface area contributed by atoms with E-state index in [0.717, 1.165) is 45.4 Å². The van der Waals surface area contributed by atoms with E-state index in [-0.39, 0.29) is 17.7 Å². The third-order valence-electron chi connectivity index (χ3n) is 4.80. The Morgan fingerprint density at radius 3 is 2.48 bits per heavy atom. The lowest BCUT2D eigenvalue weighted by atomic mass is 9.93. The monoisotopic (exact) mass is 295 g/mol. The Labute approximate surface area is 128 Å². The molecule has 1 atom stereocenters. The maximum atomic E-state index is 12.3. The van der Waals surface area contributed by atoms with Crippen LogP contribution in [-0.2, 0) is 9.59 Å². The number of carbonyl (C=O) groups is 2. The predicted molar refractivity (Wildman–Crippen MR) is 82.8 cm³/mol. The normalized spacial score (nSPS) is 23.9. The standard InChI is InChI=1S/C16H29N3O2/c1-18(2)16(21)14-7-10-19(11-8-14)15(20)6-5-13-4-3-9-17-12-13/h13-14,17H,3-12H2,1-2H3. The molecule has 2 fully saturated rings. The van der Waals surface area contributed by atoms with Gasteiger partial charge in [-0.2, -0.15) is 0 Å². The summed E-state index contributed by atoms with van der Waals surface area (Å²) < 4.78 is 0. The van der Waals surface area contributed by atoms with E-state index in [9.17, 15) is 9.59 Å². The summed E-state index contributed by atoms with van der Waals surface area (Å²) in [6, 6.07) is 0. The Hall–Kier alpha value is -1.10. The Balaban J connectivity index is 1.69. The van der Waals surface area contributed by atoms with Crippen molar-refractivity contribution in [3.05, 3.63) is 0 Å². The number of amides is 2. The molecule has 5 heteroatoms. The van der Waals surface area contributed by atoms with Crippen molar-refractivity contribution in [1.82, 2.24) is 15.1 Å². The number of likely N-dealkylation sites (tertiary alicyclic amines) is 1. The quantitative estimate of drug-likeness (QED) is 0.845. The van der Waals surface area contributed by atoms with Gasteiger partial charge in [-0.1, -0.05) is 0 Å². The first-order valence-corrected chi connectivity index (χ1v) is 8.27. The van der Waals surface area contributed by atoms with Crippen LogP contribution in [0.1, 0.15) is 38.5 Å². The van der Waals surface area contributed by atoms with Crippen molar-refractivity contribution in [2.45, 2.75) is 38.5 Å². The minimum absolute atomic E-state index is 0.103. The zero-order valence-corrected chi connectivity index (χ0v) is 13.4. The van der Waals surface area contributed by atoms with Gasteiger partial charge in [-0.15, -0.1) is 0 Å². The average Bonchev–Trinajstić information content (AvgIpc) is 2.53. The third kappa shape index (κ3) is 4.70. The van der Waals surface area contributed by atoms with Crippen molar-refractivity contribution in [3.63, 3.8) is 0 Å². The summed E-state index contributed by atoms with van der Waals surface area (Å²) >= 11 is 0. The van der Waals surface area contributed by atoms with Gasteiger partial charge in [0.2, 0.25) is 11.8 Å². The summed E-state index contributed by atoms with van der Waals surface area (Å²) in [4.78, 5) is 27.8. The summed E-state index contributed by atoms with van der Waals surface area (Å²) in [6.45, 7) is 3.67. The Morgan fingerprint density at radius 2 is 1.90 bits per heavy atom. The molecule has 0 bridgehead atoms. The molecular weight excluding hydrogens is 266 g/mol. The summed E-state index contributed by atoms with van der Waals surface area (Å²) in [7, 11) is 3.61. The summed E-state index contributed by atoms with van der Waals surface area (Å²) in [6.07, 6.45) is 5.78. The molecule has 2 aliphatic rings.